The highest BCUT2D eigenvalue weighted by atomic mass is 79.9. The average molecular weight is 357 g/mol. The molecule has 0 aliphatic heterocycles. The van der Waals surface area contributed by atoms with Gasteiger partial charge in [0.25, 0.3) is 5.95 Å². The molecule has 0 saturated carbocycles. The highest BCUT2D eigenvalue weighted by Gasteiger charge is 2.31. The molecule has 8 nitrogen and oxygen atoms in total. The molecular weight excluding hydrogens is 344 g/mol. The van der Waals surface area contributed by atoms with Crippen molar-refractivity contribution in [3.05, 3.63) is 22.8 Å². The first-order valence-corrected chi connectivity index (χ1v) is 6.74. The molecule has 0 spiro atoms. The minimum atomic E-state index is -1.51. The van der Waals surface area contributed by atoms with Crippen molar-refractivity contribution in [1.29, 1.82) is 0 Å². The van der Waals surface area contributed by atoms with Crippen molar-refractivity contribution in [3.63, 3.8) is 0 Å². The molecule has 2 aromatic rings. The van der Waals surface area contributed by atoms with Gasteiger partial charge in [-0.1, -0.05) is 0 Å². The molecule has 0 bridgehead atoms. The standard InChI is InChI=1S/C12H13BrN4O4/c1-12(2,3)21-11(20)17(10(18)19)9-14-8-5-4-7(13)6-16(8)15-9/h4-6H,1-3H3,(H,18,19). The van der Waals surface area contributed by atoms with E-state index in [0.717, 1.165) is 4.47 Å². The van der Waals surface area contributed by atoms with Crippen molar-refractivity contribution in [2.75, 3.05) is 4.90 Å². The molecule has 0 aromatic carbocycles. The third-order valence-corrected chi connectivity index (χ3v) is 2.72. The van der Waals surface area contributed by atoms with Crippen LogP contribution in [0, 0.1) is 0 Å². The molecule has 2 aromatic heterocycles. The summed E-state index contributed by atoms with van der Waals surface area (Å²) < 4.78 is 7.15. The maximum absolute atomic E-state index is 12.0. The molecule has 112 valence electrons. The minimum absolute atomic E-state index is 0.269. The molecule has 21 heavy (non-hydrogen) atoms. The number of fused-ring (bicyclic) bond motifs is 1. The number of rotatable bonds is 1. The van der Waals surface area contributed by atoms with Crippen LogP contribution in [0.2, 0.25) is 0 Å². The lowest BCUT2D eigenvalue weighted by atomic mass is 10.2. The molecule has 0 saturated heterocycles. The summed E-state index contributed by atoms with van der Waals surface area (Å²) in [6.07, 6.45) is -0.967. The van der Waals surface area contributed by atoms with Crippen molar-refractivity contribution >= 4 is 39.7 Å². The SMILES string of the molecule is CC(C)(C)OC(=O)N(C(=O)O)c1nc2ccc(Br)cn2n1. The van der Waals surface area contributed by atoms with Crippen LogP contribution in [0.4, 0.5) is 15.5 Å². The Kier molecular flexibility index (Phi) is 3.86. The lowest BCUT2D eigenvalue weighted by Gasteiger charge is -2.22. The lowest BCUT2D eigenvalue weighted by molar-refractivity contribution is 0.0580. The van der Waals surface area contributed by atoms with Crippen LogP contribution in [0.25, 0.3) is 5.65 Å². The van der Waals surface area contributed by atoms with Gasteiger partial charge in [0.05, 0.1) is 0 Å². The first-order valence-electron chi connectivity index (χ1n) is 5.95. The monoisotopic (exact) mass is 356 g/mol. The summed E-state index contributed by atoms with van der Waals surface area (Å²) in [4.78, 5) is 27.6. The molecule has 2 rings (SSSR count). The van der Waals surface area contributed by atoms with Gasteiger partial charge >= 0.3 is 12.2 Å². The van der Waals surface area contributed by atoms with Gasteiger partial charge in [0.15, 0.2) is 5.65 Å². The van der Waals surface area contributed by atoms with Crippen LogP contribution in [-0.4, -0.2) is 37.5 Å². The van der Waals surface area contributed by atoms with E-state index in [4.69, 9.17) is 4.74 Å². The molecule has 9 heteroatoms. The summed E-state index contributed by atoms with van der Waals surface area (Å²) in [6, 6.07) is 3.36. The fraction of sp³-hybridized carbons (Fsp3) is 0.333. The van der Waals surface area contributed by atoms with E-state index in [1.165, 1.54) is 4.52 Å². The van der Waals surface area contributed by atoms with Crippen molar-refractivity contribution in [3.8, 4) is 0 Å². The topological polar surface area (TPSA) is 97.0 Å². The first kappa shape index (κ1) is 15.2. The highest BCUT2D eigenvalue weighted by Crippen LogP contribution is 2.17. The zero-order chi connectivity index (χ0) is 15.8. The number of amides is 2. The van der Waals surface area contributed by atoms with Crippen LogP contribution in [-0.2, 0) is 4.74 Å². The lowest BCUT2D eigenvalue weighted by Crippen LogP contribution is -2.40. The quantitative estimate of drug-likeness (QED) is 0.843. The van der Waals surface area contributed by atoms with Crippen molar-refractivity contribution in [2.45, 2.75) is 26.4 Å². The number of imide groups is 1. The van der Waals surface area contributed by atoms with Crippen LogP contribution >= 0.6 is 15.9 Å². The van der Waals surface area contributed by atoms with Gasteiger partial charge in [0.2, 0.25) is 0 Å². The molecular formula is C12H13BrN4O4. The number of carbonyl (C=O) groups is 2. The Labute approximate surface area is 128 Å². The maximum atomic E-state index is 12.0. The van der Waals surface area contributed by atoms with Gasteiger partial charge in [0.1, 0.15) is 5.60 Å². The summed E-state index contributed by atoms with van der Waals surface area (Å²) in [5, 5.41) is 13.2. The van der Waals surface area contributed by atoms with E-state index in [2.05, 4.69) is 26.0 Å². The Morgan fingerprint density at radius 1 is 1.38 bits per heavy atom. The number of nitrogens with zero attached hydrogens (tertiary/aromatic N) is 4. The van der Waals surface area contributed by atoms with E-state index in [1.54, 1.807) is 39.1 Å². The molecule has 2 amide bonds. The Morgan fingerprint density at radius 3 is 2.62 bits per heavy atom. The molecule has 0 fully saturated rings. The molecule has 0 aliphatic carbocycles. The minimum Gasteiger partial charge on any atom is -0.464 e. The zero-order valence-electron chi connectivity index (χ0n) is 11.6. The van der Waals surface area contributed by atoms with Gasteiger partial charge in [-0.3, -0.25) is 0 Å². The van der Waals surface area contributed by atoms with Gasteiger partial charge in [-0.05, 0) is 48.8 Å². The zero-order valence-corrected chi connectivity index (χ0v) is 13.2. The Bertz CT molecular complexity index is 707. The van der Waals surface area contributed by atoms with Crippen LogP contribution < -0.4 is 4.90 Å². The number of anilines is 1. The van der Waals surface area contributed by atoms with Crippen LogP contribution in [0.3, 0.4) is 0 Å². The highest BCUT2D eigenvalue weighted by molar-refractivity contribution is 9.10. The predicted molar refractivity (Wildman–Crippen MR) is 77.4 cm³/mol. The number of aromatic nitrogens is 3. The third-order valence-electron chi connectivity index (χ3n) is 2.25. The van der Waals surface area contributed by atoms with Gasteiger partial charge in [-0.2, -0.15) is 4.98 Å². The summed E-state index contributed by atoms with van der Waals surface area (Å²) in [7, 11) is 0. The molecule has 0 unspecified atom stereocenters. The molecule has 0 atom stereocenters. The largest absolute Gasteiger partial charge is 0.464 e. The third kappa shape index (κ3) is 3.48. The Morgan fingerprint density at radius 2 is 2.05 bits per heavy atom. The van der Waals surface area contributed by atoms with Gasteiger partial charge in [-0.25, -0.2) is 14.1 Å². The van der Waals surface area contributed by atoms with Crippen molar-refractivity contribution in [2.24, 2.45) is 0 Å². The number of ether oxygens (including phenoxy) is 1. The van der Waals surface area contributed by atoms with Crippen LogP contribution in [0.15, 0.2) is 22.8 Å². The Balaban J connectivity index is 2.41. The summed E-state index contributed by atoms with van der Waals surface area (Å²) >= 11 is 3.27. The molecule has 1 N–H and O–H groups in total. The number of carboxylic acid groups (broad SMARTS) is 1. The summed E-state index contributed by atoms with van der Waals surface area (Å²) in [6.45, 7) is 4.91. The summed E-state index contributed by atoms with van der Waals surface area (Å²) in [5.74, 6) is -0.269. The molecule has 0 radical (unpaired) electrons. The molecule has 0 aliphatic rings. The second-order valence-electron chi connectivity index (χ2n) is 5.16. The number of halogens is 1. The Hall–Kier alpha value is -2.16. The smallest absolute Gasteiger partial charge is 0.427 e. The normalized spacial score (nSPS) is 11.4. The summed E-state index contributed by atoms with van der Waals surface area (Å²) in [5.41, 5.74) is -0.421. The number of hydrogen-bond donors (Lipinski definition) is 1. The van der Waals surface area contributed by atoms with E-state index >= 15 is 0 Å². The van der Waals surface area contributed by atoms with E-state index in [-0.39, 0.29) is 5.95 Å². The van der Waals surface area contributed by atoms with Crippen LogP contribution in [0.1, 0.15) is 20.8 Å². The van der Waals surface area contributed by atoms with Gasteiger partial charge < -0.3 is 9.84 Å². The van der Waals surface area contributed by atoms with E-state index in [9.17, 15) is 14.7 Å². The fourth-order valence-electron chi connectivity index (χ4n) is 1.49. The van der Waals surface area contributed by atoms with E-state index in [1.807, 2.05) is 0 Å². The van der Waals surface area contributed by atoms with Crippen LogP contribution in [0.5, 0.6) is 0 Å². The number of hydrogen-bond acceptors (Lipinski definition) is 5. The number of carbonyl (C=O) groups excluding carboxylic acids is 1. The fourth-order valence-corrected chi connectivity index (χ4v) is 1.82. The molecule has 2 heterocycles. The van der Waals surface area contributed by atoms with Crippen molar-refractivity contribution < 1.29 is 19.4 Å². The first-order chi connectivity index (χ1) is 9.67. The second-order valence-corrected chi connectivity index (χ2v) is 6.08. The van der Waals surface area contributed by atoms with E-state index < -0.39 is 17.8 Å². The van der Waals surface area contributed by atoms with E-state index in [0.29, 0.717) is 10.5 Å². The average Bonchev–Trinajstić information content (AvgIpc) is 2.67. The van der Waals surface area contributed by atoms with Crippen molar-refractivity contribution in [1.82, 2.24) is 14.6 Å². The van der Waals surface area contributed by atoms with Gasteiger partial charge in [-0.15, -0.1) is 10.00 Å². The predicted octanol–water partition coefficient (Wildman–Crippen LogP) is 2.91. The maximum Gasteiger partial charge on any atom is 0.427 e. The second kappa shape index (κ2) is 5.32. The number of pyridine rings is 1. The van der Waals surface area contributed by atoms with Gasteiger partial charge in [0, 0.05) is 10.7 Å².